The zero-order valence-corrected chi connectivity index (χ0v) is 14.8. The van der Waals surface area contributed by atoms with E-state index in [0.717, 1.165) is 6.20 Å². The summed E-state index contributed by atoms with van der Waals surface area (Å²) in [6, 6.07) is 5.93. The van der Waals surface area contributed by atoms with Crippen molar-refractivity contribution in [3.8, 4) is 11.8 Å². The number of rotatable bonds is 3. The van der Waals surface area contributed by atoms with Gasteiger partial charge < -0.3 is 10.4 Å². The van der Waals surface area contributed by atoms with Crippen molar-refractivity contribution in [1.82, 2.24) is 15.0 Å². The van der Waals surface area contributed by atoms with E-state index in [9.17, 15) is 18.3 Å². The number of anilines is 2. The van der Waals surface area contributed by atoms with Gasteiger partial charge >= 0.3 is 6.18 Å². The average Bonchev–Trinajstić information content (AvgIpc) is 3.16. The van der Waals surface area contributed by atoms with Gasteiger partial charge in [-0.05, 0) is 31.0 Å². The monoisotopic (exact) mass is 390 g/mol. The van der Waals surface area contributed by atoms with E-state index in [1.807, 2.05) is 0 Å². The largest absolute Gasteiger partial charge is 0.419 e. The van der Waals surface area contributed by atoms with Crippen molar-refractivity contribution in [2.45, 2.75) is 18.7 Å². The van der Waals surface area contributed by atoms with Gasteiger partial charge in [0.05, 0.1) is 11.3 Å². The molecule has 0 aliphatic carbocycles. The molecule has 1 unspecified atom stereocenters. The fraction of sp³-hybridized carbons (Fsp3) is 0.167. The van der Waals surface area contributed by atoms with E-state index in [2.05, 4.69) is 32.1 Å². The number of alkyl halides is 3. The molecule has 0 saturated heterocycles. The number of aliphatic hydroxyl groups is 1. The summed E-state index contributed by atoms with van der Waals surface area (Å²) >= 11 is 1.26. The molecule has 138 valence electrons. The fourth-order valence-electron chi connectivity index (χ4n) is 2.14. The first kappa shape index (κ1) is 18.8. The molecule has 27 heavy (non-hydrogen) atoms. The first-order valence-electron chi connectivity index (χ1n) is 7.66. The number of halogens is 3. The lowest BCUT2D eigenvalue weighted by Crippen LogP contribution is -2.18. The van der Waals surface area contributed by atoms with Crippen molar-refractivity contribution in [1.29, 1.82) is 0 Å². The quantitative estimate of drug-likeness (QED) is 0.663. The summed E-state index contributed by atoms with van der Waals surface area (Å²) in [4.78, 5) is 11.7. The Morgan fingerprint density at radius 1 is 1.19 bits per heavy atom. The van der Waals surface area contributed by atoms with Gasteiger partial charge in [0.25, 0.3) is 0 Å². The van der Waals surface area contributed by atoms with Crippen molar-refractivity contribution in [2.75, 3.05) is 5.32 Å². The van der Waals surface area contributed by atoms with Crippen molar-refractivity contribution in [3.63, 3.8) is 0 Å². The highest BCUT2D eigenvalue weighted by Gasteiger charge is 2.33. The second-order valence-electron chi connectivity index (χ2n) is 5.61. The molecule has 0 bridgehead atoms. The second kappa shape index (κ2) is 7.34. The lowest BCUT2D eigenvalue weighted by atomic mass is 10.1. The molecular formula is C18H13F3N4OS. The predicted octanol–water partition coefficient (Wildman–Crippen LogP) is 3.95. The van der Waals surface area contributed by atoms with Gasteiger partial charge in [0.15, 0.2) is 5.60 Å². The van der Waals surface area contributed by atoms with Crippen LogP contribution in [0.1, 0.15) is 23.2 Å². The van der Waals surface area contributed by atoms with Crippen LogP contribution in [0.5, 0.6) is 0 Å². The van der Waals surface area contributed by atoms with Gasteiger partial charge in [0, 0.05) is 24.0 Å². The van der Waals surface area contributed by atoms with Gasteiger partial charge in [-0.2, -0.15) is 13.2 Å². The van der Waals surface area contributed by atoms with Crippen LogP contribution in [0.4, 0.5) is 24.7 Å². The minimum Gasteiger partial charge on any atom is -0.371 e. The molecule has 1 atom stereocenters. The van der Waals surface area contributed by atoms with Crippen molar-refractivity contribution in [2.24, 2.45) is 0 Å². The van der Waals surface area contributed by atoms with E-state index in [-0.39, 0.29) is 11.5 Å². The van der Waals surface area contributed by atoms with Crippen LogP contribution in [0.25, 0.3) is 0 Å². The molecule has 3 aromatic rings. The number of nitrogens with zero attached hydrogens (tertiary/aromatic N) is 3. The topological polar surface area (TPSA) is 70.9 Å². The summed E-state index contributed by atoms with van der Waals surface area (Å²) < 4.78 is 39.2. The summed E-state index contributed by atoms with van der Waals surface area (Å²) in [6.07, 6.45) is -0.976. The molecule has 0 aliphatic rings. The third-order valence-corrected chi connectivity index (χ3v) is 4.40. The Labute approximate surface area is 157 Å². The van der Waals surface area contributed by atoms with Crippen molar-refractivity contribution in [3.05, 3.63) is 64.5 Å². The number of hydrogen-bond acceptors (Lipinski definition) is 6. The molecule has 3 aromatic heterocycles. The summed E-state index contributed by atoms with van der Waals surface area (Å²) in [7, 11) is 0. The molecule has 9 heteroatoms. The molecular weight excluding hydrogens is 377 g/mol. The summed E-state index contributed by atoms with van der Waals surface area (Å²) in [5, 5.41) is 15.2. The van der Waals surface area contributed by atoms with E-state index in [0.29, 0.717) is 10.7 Å². The fourth-order valence-corrected chi connectivity index (χ4v) is 2.80. The number of thiazole rings is 1. The number of hydrogen-bond donors (Lipinski definition) is 2. The first-order valence-corrected chi connectivity index (χ1v) is 8.54. The summed E-state index contributed by atoms with van der Waals surface area (Å²) in [5.41, 5.74) is -2.22. The SMILES string of the molecule is CC(O)(C#Cc1cccc(Nc2ccncc2C(F)(F)F)n1)c1nccs1. The van der Waals surface area contributed by atoms with E-state index in [1.165, 1.54) is 36.6 Å². The van der Waals surface area contributed by atoms with Crippen LogP contribution in [-0.2, 0) is 11.8 Å². The summed E-state index contributed by atoms with van der Waals surface area (Å²) in [5.74, 6) is 5.59. The Morgan fingerprint density at radius 2 is 2.00 bits per heavy atom. The molecule has 2 N–H and O–H groups in total. The molecule has 3 heterocycles. The van der Waals surface area contributed by atoms with Crippen LogP contribution in [0, 0.1) is 11.8 Å². The highest BCUT2D eigenvalue weighted by molar-refractivity contribution is 7.09. The lowest BCUT2D eigenvalue weighted by molar-refractivity contribution is -0.137. The molecule has 0 radical (unpaired) electrons. The minimum absolute atomic E-state index is 0.162. The maximum Gasteiger partial charge on any atom is 0.419 e. The van der Waals surface area contributed by atoms with Gasteiger partial charge in [0.2, 0.25) is 0 Å². The Kier molecular flexibility index (Phi) is 5.12. The smallest absolute Gasteiger partial charge is 0.371 e. The molecule has 0 aliphatic heterocycles. The maximum atomic E-state index is 13.1. The zero-order chi connectivity index (χ0) is 19.5. The van der Waals surface area contributed by atoms with Gasteiger partial charge in [0.1, 0.15) is 16.5 Å². The van der Waals surface area contributed by atoms with Crippen LogP contribution in [0.15, 0.2) is 48.2 Å². The lowest BCUT2D eigenvalue weighted by Gasteiger charge is -2.13. The summed E-state index contributed by atoms with van der Waals surface area (Å²) in [6.45, 7) is 1.51. The molecule has 5 nitrogen and oxygen atoms in total. The number of aromatic nitrogens is 3. The van der Waals surface area contributed by atoms with Crippen LogP contribution >= 0.6 is 11.3 Å². The molecule has 0 amide bonds. The van der Waals surface area contributed by atoms with E-state index >= 15 is 0 Å². The molecule has 0 aromatic carbocycles. The van der Waals surface area contributed by atoms with Gasteiger partial charge in [-0.3, -0.25) is 4.98 Å². The Balaban J connectivity index is 1.85. The van der Waals surface area contributed by atoms with Crippen molar-refractivity contribution >= 4 is 22.8 Å². The third-order valence-electron chi connectivity index (χ3n) is 3.42. The van der Waals surface area contributed by atoms with Crippen LogP contribution < -0.4 is 5.32 Å². The molecule has 0 fully saturated rings. The van der Waals surface area contributed by atoms with Gasteiger partial charge in [-0.15, -0.1) is 11.3 Å². The zero-order valence-electron chi connectivity index (χ0n) is 13.9. The first-order chi connectivity index (χ1) is 12.8. The Bertz CT molecular complexity index is 992. The Morgan fingerprint density at radius 3 is 2.70 bits per heavy atom. The van der Waals surface area contributed by atoms with E-state index in [4.69, 9.17) is 0 Å². The van der Waals surface area contributed by atoms with Gasteiger partial charge in [-0.25, -0.2) is 9.97 Å². The van der Waals surface area contributed by atoms with Crippen LogP contribution in [-0.4, -0.2) is 20.1 Å². The number of nitrogens with one attached hydrogen (secondary N) is 1. The average molecular weight is 390 g/mol. The highest BCUT2D eigenvalue weighted by Crippen LogP contribution is 2.35. The number of pyridine rings is 2. The highest BCUT2D eigenvalue weighted by atomic mass is 32.1. The molecule has 3 rings (SSSR count). The van der Waals surface area contributed by atoms with Crippen LogP contribution in [0.3, 0.4) is 0 Å². The Hall–Kier alpha value is -2.96. The third kappa shape index (κ3) is 4.61. The van der Waals surface area contributed by atoms with E-state index in [1.54, 1.807) is 23.7 Å². The van der Waals surface area contributed by atoms with Crippen LogP contribution in [0.2, 0.25) is 0 Å². The normalized spacial score (nSPS) is 13.4. The predicted molar refractivity (Wildman–Crippen MR) is 95.3 cm³/mol. The van der Waals surface area contributed by atoms with Crippen molar-refractivity contribution < 1.29 is 18.3 Å². The standard InChI is InChI=1S/C18H13F3N4OS/c1-17(26,16-23-9-10-27-16)7-5-12-3-2-4-15(24-12)25-14-6-8-22-11-13(14)18(19,20)21/h2-4,6,8-11,26H,1H3,(H,22,24,25). The molecule has 0 saturated carbocycles. The molecule has 0 spiro atoms. The minimum atomic E-state index is -4.54. The second-order valence-corrected chi connectivity index (χ2v) is 6.51. The maximum absolute atomic E-state index is 13.1. The van der Waals surface area contributed by atoms with Gasteiger partial charge in [-0.1, -0.05) is 12.0 Å². The van der Waals surface area contributed by atoms with E-state index < -0.39 is 17.3 Å².